The van der Waals surface area contributed by atoms with Crippen molar-refractivity contribution in [2.45, 2.75) is 32.7 Å². The molecule has 0 aliphatic carbocycles. The van der Waals surface area contributed by atoms with Crippen LogP contribution in [-0.2, 0) is 11.3 Å². The summed E-state index contributed by atoms with van der Waals surface area (Å²) in [6.07, 6.45) is 3.18. The van der Waals surface area contributed by atoms with E-state index in [1.165, 1.54) is 6.33 Å². The number of rotatable bonds is 5. The minimum atomic E-state index is 0.143. The summed E-state index contributed by atoms with van der Waals surface area (Å²) in [5.41, 5.74) is 0.413. The molecular weight excluding hydrogens is 204 g/mol. The Morgan fingerprint density at radius 2 is 2.25 bits per heavy atom. The highest BCUT2D eigenvalue weighted by molar-refractivity contribution is 5.77. The summed E-state index contributed by atoms with van der Waals surface area (Å²) in [5, 5.41) is 17.5. The van der Waals surface area contributed by atoms with Gasteiger partial charge in [0.1, 0.15) is 17.9 Å². The smallest absolute Gasteiger partial charge is 0.176 e. The highest BCUT2D eigenvalue weighted by Gasteiger charge is 2.09. The van der Waals surface area contributed by atoms with Gasteiger partial charge < -0.3 is 4.57 Å². The summed E-state index contributed by atoms with van der Waals surface area (Å²) in [7, 11) is 0. The zero-order valence-corrected chi connectivity index (χ0v) is 9.10. The molecule has 1 rings (SSSR count). The Hall–Kier alpha value is -2.14. The Morgan fingerprint density at radius 1 is 1.50 bits per heavy atom. The predicted molar refractivity (Wildman–Crippen MR) is 56.2 cm³/mol. The number of Topliss-reactive ketones (excluding diaryl/α,β-unsaturated/α-hetero) is 1. The maximum Gasteiger partial charge on any atom is 0.176 e. The third-order valence-electron chi connectivity index (χ3n) is 2.30. The van der Waals surface area contributed by atoms with Gasteiger partial charge in [0.2, 0.25) is 0 Å². The van der Waals surface area contributed by atoms with Crippen molar-refractivity contribution in [3.8, 4) is 12.1 Å². The second kappa shape index (κ2) is 5.67. The standard InChI is InChI=1S/C11H12N4O/c1-2-9(16)4-3-5-15-8-14-10(6-12)11(15)7-13/h8H,2-5H2,1H3. The van der Waals surface area contributed by atoms with Crippen LogP contribution in [0.5, 0.6) is 0 Å². The highest BCUT2D eigenvalue weighted by Crippen LogP contribution is 2.07. The molecule has 0 spiro atoms. The van der Waals surface area contributed by atoms with Crippen LogP contribution in [-0.4, -0.2) is 15.3 Å². The summed E-state index contributed by atoms with van der Waals surface area (Å²) in [4.78, 5) is 14.9. The van der Waals surface area contributed by atoms with E-state index in [1.807, 2.05) is 19.1 Å². The van der Waals surface area contributed by atoms with Gasteiger partial charge in [-0.05, 0) is 6.42 Å². The molecule has 1 aromatic rings. The zero-order chi connectivity index (χ0) is 12.0. The van der Waals surface area contributed by atoms with Gasteiger partial charge in [-0.2, -0.15) is 10.5 Å². The maximum atomic E-state index is 11.1. The lowest BCUT2D eigenvalue weighted by atomic mass is 10.2. The molecule has 0 aromatic carbocycles. The number of carbonyl (C=O) groups excluding carboxylic acids is 1. The van der Waals surface area contributed by atoms with Crippen molar-refractivity contribution in [2.24, 2.45) is 0 Å². The van der Waals surface area contributed by atoms with Gasteiger partial charge in [-0.15, -0.1) is 0 Å². The lowest BCUT2D eigenvalue weighted by Gasteiger charge is -2.02. The molecule has 0 radical (unpaired) electrons. The lowest BCUT2D eigenvalue weighted by molar-refractivity contribution is -0.118. The number of carbonyl (C=O) groups is 1. The fourth-order valence-electron chi connectivity index (χ4n) is 1.37. The molecule has 0 atom stereocenters. The van der Waals surface area contributed by atoms with Gasteiger partial charge in [0.05, 0.1) is 6.33 Å². The minimum absolute atomic E-state index is 0.143. The van der Waals surface area contributed by atoms with E-state index in [1.54, 1.807) is 4.57 Å². The summed E-state index contributed by atoms with van der Waals surface area (Å²) in [6.45, 7) is 2.37. The quantitative estimate of drug-likeness (QED) is 0.744. The molecule has 0 N–H and O–H groups in total. The fraction of sp³-hybridized carbons (Fsp3) is 0.455. The highest BCUT2D eigenvalue weighted by atomic mass is 16.1. The Labute approximate surface area is 93.9 Å². The number of hydrogen-bond acceptors (Lipinski definition) is 4. The first kappa shape index (κ1) is 11.9. The van der Waals surface area contributed by atoms with Crippen molar-refractivity contribution in [3.63, 3.8) is 0 Å². The molecule has 0 aliphatic heterocycles. The third kappa shape index (κ3) is 2.68. The summed E-state index contributed by atoms with van der Waals surface area (Å²) < 4.78 is 1.61. The van der Waals surface area contributed by atoms with Crippen molar-refractivity contribution in [2.75, 3.05) is 0 Å². The van der Waals surface area contributed by atoms with Crippen LogP contribution in [0.1, 0.15) is 37.6 Å². The predicted octanol–water partition coefficient (Wildman–Crippen LogP) is 1.39. The van der Waals surface area contributed by atoms with Crippen molar-refractivity contribution in [1.82, 2.24) is 9.55 Å². The van der Waals surface area contributed by atoms with Crippen molar-refractivity contribution < 1.29 is 4.79 Å². The molecule has 16 heavy (non-hydrogen) atoms. The van der Waals surface area contributed by atoms with Gasteiger partial charge >= 0.3 is 0 Å². The molecule has 0 bridgehead atoms. The molecule has 0 amide bonds. The monoisotopic (exact) mass is 216 g/mol. The summed E-state index contributed by atoms with van der Waals surface area (Å²) in [5.74, 6) is 0.208. The molecular formula is C11H12N4O. The van der Waals surface area contributed by atoms with Crippen LogP contribution in [0.4, 0.5) is 0 Å². The maximum absolute atomic E-state index is 11.1. The Bertz CT molecular complexity index is 461. The van der Waals surface area contributed by atoms with Crippen molar-refractivity contribution >= 4 is 5.78 Å². The summed E-state index contributed by atoms with van der Waals surface area (Å²) in [6, 6.07) is 3.80. The molecule has 1 aromatic heterocycles. The second-order valence-corrected chi connectivity index (χ2v) is 3.35. The number of hydrogen-bond donors (Lipinski definition) is 0. The fourth-order valence-corrected chi connectivity index (χ4v) is 1.37. The largest absolute Gasteiger partial charge is 0.321 e. The van der Waals surface area contributed by atoms with Crippen LogP contribution in [0, 0.1) is 22.7 Å². The molecule has 0 saturated heterocycles. The topological polar surface area (TPSA) is 82.5 Å². The minimum Gasteiger partial charge on any atom is -0.321 e. The van der Waals surface area contributed by atoms with E-state index in [9.17, 15) is 4.79 Å². The van der Waals surface area contributed by atoms with E-state index < -0.39 is 0 Å². The van der Waals surface area contributed by atoms with Gasteiger partial charge in [-0.25, -0.2) is 4.98 Å². The van der Waals surface area contributed by atoms with Crippen LogP contribution in [0.2, 0.25) is 0 Å². The van der Waals surface area contributed by atoms with Crippen LogP contribution < -0.4 is 0 Å². The number of nitrogens with zero attached hydrogens (tertiary/aromatic N) is 4. The van der Waals surface area contributed by atoms with Crippen LogP contribution >= 0.6 is 0 Å². The van der Waals surface area contributed by atoms with E-state index in [0.29, 0.717) is 25.8 Å². The van der Waals surface area contributed by atoms with Gasteiger partial charge in [-0.3, -0.25) is 4.79 Å². The van der Waals surface area contributed by atoms with Crippen LogP contribution in [0.3, 0.4) is 0 Å². The molecule has 5 heteroatoms. The van der Waals surface area contributed by atoms with Gasteiger partial charge in [0, 0.05) is 19.4 Å². The number of aromatic nitrogens is 2. The molecule has 0 saturated carbocycles. The van der Waals surface area contributed by atoms with Crippen molar-refractivity contribution in [3.05, 3.63) is 17.7 Å². The molecule has 0 unspecified atom stereocenters. The first-order valence-corrected chi connectivity index (χ1v) is 5.10. The molecule has 82 valence electrons. The van der Waals surface area contributed by atoms with Gasteiger partial charge in [0.25, 0.3) is 0 Å². The number of nitriles is 2. The van der Waals surface area contributed by atoms with Crippen molar-refractivity contribution in [1.29, 1.82) is 10.5 Å². The van der Waals surface area contributed by atoms with E-state index in [0.717, 1.165) is 0 Å². The lowest BCUT2D eigenvalue weighted by Crippen LogP contribution is -2.03. The Balaban J connectivity index is 2.62. The Morgan fingerprint density at radius 3 is 2.81 bits per heavy atom. The SMILES string of the molecule is CCC(=O)CCCn1cnc(C#N)c1C#N. The van der Waals surface area contributed by atoms with Crippen LogP contribution in [0.15, 0.2) is 6.33 Å². The normalized spacial score (nSPS) is 9.44. The van der Waals surface area contributed by atoms with Gasteiger partial charge in [-0.1, -0.05) is 6.92 Å². The van der Waals surface area contributed by atoms with Crippen LogP contribution in [0.25, 0.3) is 0 Å². The first-order valence-electron chi connectivity index (χ1n) is 5.10. The van der Waals surface area contributed by atoms with E-state index >= 15 is 0 Å². The number of imidazole rings is 1. The Kier molecular flexibility index (Phi) is 4.23. The average molecular weight is 216 g/mol. The second-order valence-electron chi connectivity index (χ2n) is 3.35. The number of aryl methyl sites for hydroxylation is 1. The first-order chi connectivity index (χ1) is 7.72. The third-order valence-corrected chi connectivity index (χ3v) is 2.30. The van der Waals surface area contributed by atoms with E-state index in [2.05, 4.69) is 4.98 Å². The molecule has 1 heterocycles. The molecule has 0 fully saturated rings. The van der Waals surface area contributed by atoms with E-state index in [-0.39, 0.29) is 17.2 Å². The zero-order valence-electron chi connectivity index (χ0n) is 9.10. The van der Waals surface area contributed by atoms with E-state index in [4.69, 9.17) is 10.5 Å². The molecule has 5 nitrogen and oxygen atoms in total. The average Bonchev–Trinajstić information content (AvgIpc) is 2.70. The van der Waals surface area contributed by atoms with Gasteiger partial charge in [0.15, 0.2) is 11.4 Å². The summed E-state index contributed by atoms with van der Waals surface area (Å²) >= 11 is 0. The molecule has 0 aliphatic rings. The number of ketones is 1.